The van der Waals surface area contributed by atoms with E-state index in [4.69, 9.17) is 9.47 Å². The summed E-state index contributed by atoms with van der Waals surface area (Å²) in [6.07, 6.45) is 5.96. The fraction of sp³-hybridized carbons (Fsp3) is 0.647. The van der Waals surface area contributed by atoms with Crippen molar-refractivity contribution in [2.75, 3.05) is 6.61 Å². The van der Waals surface area contributed by atoms with E-state index in [1.807, 2.05) is 18.2 Å². The number of ether oxygens (including phenoxy) is 2. The maximum absolute atomic E-state index is 10.7. The Hall–Kier alpha value is -1.06. The molecule has 0 aromatic heterocycles. The van der Waals surface area contributed by atoms with Crippen LogP contribution in [0, 0.1) is 5.92 Å². The lowest BCUT2D eigenvalue weighted by Gasteiger charge is -2.48. The molecule has 1 aliphatic carbocycles. The van der Waals surface area contributed by atoms with Gasteiger partial charge in [-0.3, -0.25) is 0 Å². The van der Waals surface area contributed by atoms with Gasteiger partial charge in [-0.2, -0.15) is 0 Å². The van der Waals surface area contributed by atoms with Gasteiger partial charge in [0.25, 0.3) is 0 Å². The highest BCUT2D eigenvalue weighted by molar-refractivity contribution is 5.37. The molecule has 108 valence electrons. The molecule has 3 atom stereocenters. The first-order chi connectivity index (χ1) is 9.76. The van der Waals surface area contributed by atoms with Gasteiger partial charge >= 0.3 is 0 Å². The zero-order valence-corrected chi connectivity index (χ0v) is 11.8. The number of para-hydroxylation sites is 1. The molecule has 3 aliphatic rings. The van der Waals surface area contributed by atoms with Crippen LogP contribution in [0.3, 0.4) is 0 Å². The molecule has 1 saturated carbocycles. The molecular formula is C17H22O3. The zero-order valence-electron chi connectivity index (χ0n) is 11.8. The predicted octanol–water partition coefficient (Wildman–Crippen LogP) is 2.70. The molecule has 1 spiro atoms. The highest BCUT2D eigenvalue weighted by Gasteiger charge is 2.46. The van der Waals surface area contributed by atoms with Gasteiger partial charge in [-0.05, 0) is 49.7 Å². The summed E-state index contributed by atoms with van der Waals surface area (Å²) in [4.78, 5) is 0. The Labute approximate surface area is 119 Å². The minimum Gasteiger partial charge on any atom is -0.487 e. The first-order valence-corrected chi connectivity index (χ1v) is 7.82. The lowest BCUT2D eigenvalue weighted by molar-refractivity contribution is -0.163. The Balaban J connectivity index is 1.44. The summed E-state index contributed by atoms with van der Waals surface area (Å²) in [5.41, 5.74) is 1.32. The zero-order chi connectivity index (χ0) is 13.6. The minimum absolute atomic E-state index is 0.0763. The number of hydrogen-bond acceptors (Lipinski definition) is 3. The number of hydrogen-bond donors (Lipinski definition) is 1. The van der Waals surface area contributed by atoms with E-state index in [1.54, 1.807) is 0 Å². The van der Waals surface area contributed by atoms with Gasteiger partial charge in [0.1, 0.15) is 11.9 Å². The van der Waals surface area contributed by atoms with E-state index < -0.39 is 0 Å². The smallest absolute Gasteiger partial charge is 0.129 e. The van der Waals surface area contributed by atoms with Gasteiger partial charge in [0.2, 0.25) is 0 Å². The first-order valence-electron chi connectivity index (χ1n) is 7.82. The maximum Gasteiger partial charge on any atom is 0.129 e. The van der Waals surface area contributed by atoms with Crippen molar-refractivity contribution in [1.82, 2.24) is 0 Å². The molecule has 3 heteroatoms. The van der Waals surface area contributed by atoms with Gasteiger partial charge < -0.3 is 14.6 Å². The Bertz CT molecular complexity index is 470. The molecule has 4 rings (SSSR count). The molecular weight excluding hydrogens is 252 g/mol. The number of rotatable bonds is 2. The summed E-state index contributed by atoms with van der Waals surface area (Å²) < 4.78 is 11.9. The van der Waals surface area contributed by atoms with Crippen LogP contribution in [-0.4, -0.2) is 29.5 Å². The second-order valence-corrected chi connectivity index (χ2v) is 6.60. The highest BCUT2D eigenvalue weighted by Crippen LogP contribution is 2.46. The Morgan fingerprint density at radius 1 is 1.25 bits per heavy atom. The number of aliphatic hydroxyl groups excluding tert-OH is 1. The SMILES string of the molecule is OC(C1CCOC2(CCC2)C1)C1Cc2ccccc2O1. The first kappa shape index (κ1) is 12.7. The van der Waals surface area contributed by atoms with Gasteiger partial charge in [-0.1, -0.05) is 18.2 Å². The van der Waals surface area contributed by atoms with Crippen LogP contribution < -0.4 is 4.74 Å². The quantitative estimate of drug-likeness (QED) is 0.901. The Morgan fingerprint density at radius 2 is 2.10 bits per heavy atom. The molecule has 2 fully saturated rings. The molecule has 1 aromatic rings. The molecule has 3 unspecified atom stereocenters. The maximum atomic E-state index is 10.7. The second kappa shape index (κ2) is 4.74. The van der Waals surface area contributed by atoms with E-state index in [9.17, 15) is 5.11 Å². The van der Waals surface area contributed by atoms with Crippen molar-refractivity contribution in [3.63, 3.8) is 0 Å². The lowest BCUT2D eigenvalue weighted by atomic mass is 9.70. The highest BCUT2D eigenvalue weighted by atomic mass is 16.5. The molecule has 1 aromatic carbocycles. The van der Waals surface area contributed by atoms with Crippen LogP contribution in [0.2, 0.25) is 0 Å². The van der Waals surface area contributed by atoms with Crippen molar-refractivity contribution in [2.45, 2.75) is 56.3 Å². The third-order valence-electron chi connectivity index (χ3n) is 5.33. The van der Waals surface area contributed by atoms with Crippen molar-refractivity contribution in [1.29, 1.82) is 0 Å². The van der Waals surface area contributed by atoms with Crippen LogP contribution >= 0.6 is 0 Å². The minimum atomic E-state index is -0.372. The molecule has 0 bridgehead atoms. The van der Waals surface area contributed by atoms with E-state index in [-0.39, 0.29) is 17.8 Å². The normalized spacial score (nSPS) is 32.2. The number of benzene rings is 1. The second-order valence-electron chi connectivity index (χ2n) is 6.60. The van der Waals surface area contributed by atoms with Crippen LogP contribution in [0.4, 0.5) is 0 Å². The molecule has 1 N–H and O–H groups in total. The molecule has 20 heavy (non-hydrogen) atoms. The summed E-state index contributed by atoms with van der Waals surface area (Å²) in [7, 11) is 0. The summed E-state index contributed by atoms with van der Waals surface area (Å²) in [5.74, 6) is 1.27. The van der Waals surface area contributed by atoms with Crippen molar-refractivity contribution in [3.8, 4) is 5.75 Å². The van der Waals surface area contributed by atoms with Gasteiger partial charge in [0, 0.05) is 13.0 Å². The molecule has 2 heterocycles. The van der Waals surface area contributed by atoms with Crippen LogP contribution in [-0.2, 0) is 11.2 Å². The molecule has 2 aliphatic heterocycles. The van der Waals surface area contributed by atoms with Crippen molar-refractivity contribution in [2.24, 2.45) is 5.92 Å². The average molecular weight is 274 g/mol. The fourth-order valence-electron chi connectivity index (χ4n) is 3.98. The monoisotopic (exact) mass is 274 g/mol. The molecule has 1 saturated heterocycles. The molecule has 0 radical (unpaired) electrons. The Kier molecular flexibility index (Phi) is 3.00. The van der Waals surface area contributed by atoms with Crippen molar-refractivity contribution >= 4 is 0 Å². The number of aliphatic hydroxyl groups is 1. The molecule has 0 amide bonds. The van der Waals surface area contributed by atoms with Crippen LogP contribution in [0.1, 0.15) is 37.7 Å². The van der Waals surface area contributed by atoms with E-state index >= 15 is 0 Å². The van der Waals surface area contributed by atoms with E-state index in [0.717, 1.165) is 31.6 Å². The van der Waals surface area contributed by atoms with Crippen LogP contribution in [0.5, 0.6) is 5.75 Å². The van der Waals surface area contributed by atoms with Gasteiger partial charge in [-0.25, -0.2) is 0 Å². The summed E-state index contributed by atoms with van der Waals surface area (Å²) in [6.45, 7) is 0.793. The van der Waals surface area contributed by atoms with Gasteiger partial charge in [0.05, 0.1) is 11.7 Å². The largest absolute Gasteiger partial charge is 0.487 e. The summed E-state index contributed by atoms with van der Waals surface area (Å²) >= 11 is 0. The van der Waals surface area contributed by atoms with E-state index in [0.29, 0.717) is 5.92 Å². The summed E-state index contributed by atoms with van der Waals surface area (Å²) in [6, 6.07) is 8.12. The Morgan fingerprint density at radius 3 is 2.85 bits per heavy atom. The third-order valence-corrected chi connectivity index (χ3v) is 5.33. The fourth-order valence-corrected chi connectivity index (χ4v) is 3.98. The predicted molar refractivity (Wildman–Crippen MR) is 75.8 cm³/mol. The average Bonchev–Trinajstić information content (AvgIpc) is 2.89. The lowest BCUT2D eigenvalue weighted by Crippen LogP contribution is -2.50. The van der Waals surface area contributed by atoms with Crippen molar-refractivity contribution < 1.29 is 14.6 Å². The standard InChI is InChI=1S/C17H22O3/c18-16(13-6-9-19-17(11-13)7-3-8-17)15-10-12-4-1-2-5-14(12)20-15/h1-2,4-5,13,15-16,18H,3,6-11H2. The van der Waals surface area contributed by atoms with Crippen LogP contribution in [0.25, 0.3) is 0 Å². The molecule has 3 nitrogen and oxygen atoms in total. The van der Waals surface area contributed by atoms with Crippen LogP contribution in [0.15, 0.2) is 24.3 Å². The number of fused-ring (bicyclic) bond motifs is 1. The van der Waals surface area contributed by atoms with E-state index in [1.165, 1.54) is 24.8 Å². The van der Waals surface area contributed by atoms with Gasteiger partial charge in [0.15, 0.2) is 0 Å². The topological polar surface area (TPSA) is 38.7 Å². The third kappa shape index (κ3) is 2.04. The van der Waals surface area contributed by atoms with Crippen molar-refractivity contribution in [3.05, 3.63) is 29.8 Å². The van der Waals surface area contributed by atoms with Gasteiger partial charge in [-0.15, -0.1) is 0 Å². The van der Waals surface area contributed by atoms with E-state index in [2.05, 4.69) is 6.07 Å². The summed E-state index contributed by atoms with van der Waals surface area (Å²) in [5, 5.41) is 10.7.